The minimum absolute atomic E-state index is 0.0751. The van der Waals surface area contributed by atoms with E-state index in [-0.39, 0.29) is 16.4 Å². The lowest BCUT2D eigenvalue weighted by atomic mass is 10.1. The molecule has 4 rings (SSSR count). The van der Waals surface area contributed by atoms with Crippen molar-refractivity contribution in [2.75, 3.05) is 10.0 Å². The highest BCUT2D eigenvalue weighted by Gasteiger charge is 2.20. The lowest BCUT2D eigenvalue weighted by Gasteiger charge is -2.15. The predicted molar refractivity (Wildman–Crippen MR) is 153 cm³/mol. The number of amides is 1. The Morgan fingerprint density at radius 2 is 1.51 bits per heavy atom. The molecule has 37 heavy (non-hydrogen) atoms. The van der Waals surface area contributed by atoms with Gasteiger partial charge in [0, 0.05) is 21.9 Å². The fraction of sp³-hybridized carbons (Fsp3) is 0.167. The van der Waals surface area contributed by atoms with Crippen molar-refractivity contribution in [1.82, 2.24) is 0 Å². The predicted octanol–water partition coefficient (Wildman–Crippen LogP) is 7.27. The summed E-state index contributed by atoms with van der Waals surface area (Å²) in [6.45, 7) is 7.47. The van der Waals surface area contributed by atoms with Gasteiger partial charge >= 0.3 is 0 Å². The third-order valence-corrected chi connectivity index (χ3v) is 8.87. The Balaban J connectivity index is 1.50. The molecule has 5 nitrogen and oxygen atoms in total. The van der Waals surface area contributed by atoms with Gasteiger partial charge in [0.15, 0.2) is 0 Å². The van der Waals surface area contributed by atoms with Gasteiger partial charge in [-0.25, -0.2) is 8.42 Å². The highest BCUT2D eigenvalue weighted by atomic mass is 32.2. The van der Waals surface area contributed by atoms with Crippen LogP contribution in [0.1, 0.15) is 38.2 Å². The molecule has 0 aromatic heterocycles. The first-order chi connectivity index (χ1) is 17.6. The molecule has 2 N–H and O–H groups in total. The van der Waals surface area contributed by atoms with E-state index < -0.39 is 10.0 Å². The van der Waals surface area contributed by atoms with Crippen molar-refractivity contribution in [3.05, 3.63) is 118 Å². The smallest absolute Gasteiger partial charge is 0.262 e. The van der Waals surface area contributed by atoms with Gasteiger partial charge in [0.2, 0.25) is 0 Å². The number of nitrogens with one attached hydrogen (secondary N) is 2. The second-order valence-corrected chi connectivity index (χ2v) is 11.7. The minimum Gasteiger partial charge on any atom is -0.322 e. The lowest BCUT2D eigenvalue weighted by Crippen LogP contribution is -2.18. The fourth-order valence-electron chi connectivity index (χ4n) is 3.93. The second kappa shape index (κ2) is 11.2. The van der Waals surface area contributed by atoms with Gasteiger partial charge < -0.3 is 5.32 Å². The summed E-state index contributed by atoms with van der Waals surface area (Å²) in [5.74, 6) is 0.462. The Kier molecular flexibility index (Phi) is 8.05. The Hall–Kier alpha value is -3.55. The van der Waals surface area contributed by atoms with Crippen molar-refractivity contribution in [2.45, 2.75) is 43.2 Å². The van der Waals surface area contributed by atoms with Crippen LogP contribution in [0.4, 0.5) is 11.4 Å². The van der Waals surface area contributed by atoms with Gasteiger partial charge in [-0.1, -0.05) is 48.5 Å². The summed E-state index contributed by atoms with van der Waals surface area (Å²) in [6.07, 6.45) is 0. The van der Waals surface area contributed by atoms with Crippen molar-refractivity contribution in [3.8, 4) is 0 Å². The molecule has 0 spiro atoms. The number of benzene rings is 4. The van der Waals surface area contributed by atoms with Gasteiger partial charge in [-0.2, -0.15) is 0 Å². The number of sulfonamides is 1. The molecule has 4 aromatic rings. The zero-order valence-electron chi connectivity index (χ0n) is 21.3. The molecule has 190 valence electrons. The molecular formula is C30H30N2O3S2. The molecule has 0 aliphatic rings. The highest BCUT2D eigenvalue weighted by Crippen LogP contribution is 2.27. The van der Waals surface area contributed by atoms with Gasteiger partial charge in [0.05, 0.1) is 10.6 Å². The summed E-state index contributed by atoms with van der Waals surface area (Å²) >= 11 is 1.76. The molecule has 0 atom stereocenters. The van der Waals surface area contributed by atoms with Crippen LogP contribution in [0, 0.1) is 27.7 Å². The van der Waals surface area contributed by atoms with Crippen molar-refractivity contribution in [2.24, 2.45) is 0 Å². The van der Waals surface area contributed by atoms with Gasteiger partial charge in [-0.15, -0.1) is 11.8 Å². The molecule has 0 heterocycles. The Labute approximate surface area is 223 Å². The zero-order chi connectivity index (χ0) is 26.6. The van der Waals surface area contributed by atoms with E-state index in [0.717, 1.165) is 28.0 Å². The van der Waals surface area contributed by atoms with E-state index in [9.17, 15) is 13.2 Å². The number of hydrogen-bond acceptors (Lipinski definition) is 4. The third-order valence-electron chi connectivity index (χ3n) is 6.28. The zero-order valence-corrected chi connectivity index (χ0v) is 23.0. The van der Waals surface area contributed by atoms with Gasteiger partial charge in [-0.05, 0) is 91.9 Å². The average molecular weight is 531 g/mol. The summed E-state index contributed by atoms with van der Waals surface area (Å²) in [6, 6.07) is 26.4. The summed E-state index contributed by atoms with van der Waals surface area (Å²) in [7, 11) is -3.89. The molecule has 0 radical (unpaired) electrons. The fourth-order valence-corrected chi connectivity index (χ4v) is 6.18. The minimum atomic E-state index is -3.89. The van der Waals surface area contributed by atoms with Crippen LogP contribution in [0.25, 0.3) is 0 Å². The maximum atomic E-state index is 13.2. The van der Waals surface area contributed by atoms with Gasteiger partial charge in [0.25, 0.3) is 15.9 Å². The van der Waals surface area contributed by atoms with Crippen molar-refractivity contribution in [1.29, 1.82) is 0 Å². The van der Waals surface area contributed by atoms with E-state index >= 15 is 0 Å². The van der Waals surface area contributed by atoms with Crippen LogP contribution in [-0.2, 0) is 15.8 Å². The topological polar surface area (TPSA) is 75.3 Å². The second-order valence-electron chi connectivity index (χ2n) is 9.04. The number of anilines is 2. The van der Waals surface area contributed by atoms with Crippen LogP contribution < -0.4 is 10.0 Å². The first-order valence-electron chi connectivity index (χ1n) is 11.9. The molecule has 0 unspecified atom stereocenters. The summed E-state index contributed by atoms with van der Waals surface area (Å²) < 4.78 is 29.1. The summed E-state index contributed by atoms with van der Waals surface area (Å²) in [5, 5.41) is 2.93. The highest BCUT2D eigenvalue weighted by molar-refractivity contribution is 7.98. The van der Waals surface area contributed by atoms with Crippen molar-refractivity contribution in [3.63, 3.8) is 0 Å². The molecule has 0 aliphatic heterocycles. The molecule has 4 aromatic carbocycles. The molecule has 0 saturated heterocycles. The molecule has 0 saturated carbocycles. The van der Waals surface area contributed by atoms with E-state index in [1.54, 1.807) is 36.9 Å². The Morgan fingerprint density at radius 1 is 0.757 bits per heavy atom. The van der Waals surface area contributed by atoms with E-state index in [1.165, 1.54) is 11.0 Å². The average Bonchev–Trinajstić information content (AvgIpc) is 2.87. The number of hydrogen-bond donors (Lipinski definition) is 2. The van der Waals surface area contributed by atoms with Crippen molar-refractivity contribution < 1.29 is 13.2 Å². The summed E-state index contributed by atoms with van der Waals surface area (Å²) in [4.78, 5) is 14.4. The third kappa shape index (κ3) is 6.42. The normalized spacial score (nSPS) is 11.2. The summed E-state index contributed by atoms with van der Waals surface area (Å²) in [5.41, 5.74) is 6.00. The first kappa shape index (κ1) is 26.5. The van der Waals surface area contributed by atoms with Crippen LogP contribution in [0.2, 0.25) is 0 Å². The molecular weight excluding hydrogens is 500 g/mol. The quantitative estimate of drug-likeness (QED) is 0.235. The van der Waals surface area contributed by atoms with E-state index in [2.05, 4.69) is 28.2 Å². The molecule has 0 bridgehead atoms. The number of thioether (sulfide) groups is 1. The van der Waals surface area contributed by atoms with Crippen LogP contribution in [0.5, 0.6) is 0 Å². The number of aryl methyl sites for hydroxylation is 3. The maximum absolute atomic E-state index is 13.2. The van der Waals surface area contributed by atoms with Crippen LogP contribution in [0.15, 0.2) is 94.7 Å². The van der Waals surface area contributed by atoms with E-state index in [4.69, 9.17) is 0 Å². The molecule has 7 heteroatoms. The maximum Gasteiger partial charge on any atom is 0.262 e. The largest absolute Gasteiger partial charge is 0.322 e. The van der Waals surface area contributed by atoms with Crippen LogP contribution in [0.3, 0.4) is 0 Å². The number of carbonyl (C=O) groups is 1. The SMILES string of the molecule is Cc1cc(CSc2ccccc2)ccc1NC(=O)c1ccc(C)c(S(=O)(=O)Nc2cccc(C)c2C)c1. The van der Waals surface area contributed by atoms with Gasteiger partial charge in [-0.3, -0.25) is 9.52 Å². The standard InChI is InChI=1S/C30H30N2O3S2/c1-20-9-8-12-28(23(20)4)32-37(34,35)29-18-25(15-13-21(29)2)30(33)31-27-16-14-24(17-22(27)3)19-36-26-10-6-5-7-11-26/h5-18,32H,19H2,1-4H3,(H,31,33). The van der Waals surface area contributed by atoms with E-state index in [1.807, 2.05) is 63.2 Å². The van der Waals surface area contributed by atoms with Gasteiger partial charge in [0.1, 0.15) is 0 Å². The number of rotatable bonds is 8. The van der Waals surface area contributed by atoms with E-state index in [0.29, 0.717) is 16.9 Å². The van der Waals surface area contributed by atoms with Crippen LogP contribution in [-0.4, -0.2) is 14.3 Å². The molecule has 0 fully saturated rings. The monoisotopic (exact) mass is 530 g/mol. The van der Waals surface area contributed by atoms with Crippen LogP contribution >= 0.6 is 11.8 Å². The van der Waals surface area contributed by atoms with Crippen molar-refractivity contribution >= 4 is 39.1 Å². The Bertz CT molecular complexity index is 1550. The number of carbonyl (C=O) groups excluding carboxylic acids is 1. The molecule has 0 aliphatic carbocycles. The Morgan fingerprint density at radius 3 is 2.24 bits per heavy atom. The first-order valence-corrected chi connectivity index (χ1v) is 14.4. The lowest BCUT2D eigenvalue weighted by molar-refractivity contribution is 0.102. The molecule has 1 amide bonds.